The molecule has 1 aliphatic rings. The summed E-state index contributed by atoms with van der Waals surface area (Å²) >= 11 is 0. The molecule has 0 amide bonds. The largest absolute Gasteiger partial charge is 0.467 e. The Morgan fingerprint density at radius 3 is 2.28 bits per heavy atom. The number of sulfone groups is 1. The molecule has 1 aliphatic heterocycles. The van der Waals surface area contributed by atoms with Gasteiger partial charge in [-0.05, 0) is 35.9 Å². The number of methoxy groups -OCH3 is 1. The molecule has 2 aromatic carbocycles. The van der Waals surface area contributed by atoms with Crippen molar-refractivity contribution in [2.24, 2.45) is 0 Å². The lowest BCUT2D eigenvalue weighted by atomic mass is 10.1. The lowest BCUT2D eigenvalue weighted by Gasteiger charge is -2.29. The number of anilines is 1. The fourth-order valence-electron chi connectivity index (χ4n) is 3.22. The molecule has 1 saturated heterocycles. The van der Waals surface area contributed by atoms with Crippen molar-refractivity contribution in [2.45, 2.75) is 9.79 Å². The summed E-state index contributed by atoms with van der Waals surface area (Å²) < 4.78 is 37.0. The van der Waals surface area contributed by atoms with Crippen molar-refractivity contribution < 1.29 is 17.9 Å². The number of benzene rings is 2. The summed E-state index contributed by atoms with van der Waals surface area (Å²) in [5.74, 6) is 0. The second-order valence-electron chi connectivity index (χ2n) is 6.59. The van der Waals surface area contributed by atoms with E-state index in [9.17, 15) is 8.42 Å². The summed E-state index contributed by atoms with van der Waals surface area (Å²) in [6.45, 7) is 2.62. The van der Waals surface area contributed by atoms with E-state index in [0.717, 1.165) is 11.3 Å². The van der Waals surface area contributed by atoms with Gasteiger partial charge in [0.2, 0.25) is 9.84 Å². The first-order valence-corrected chi connectivity index (χ1v) is 10.7. The molecular formula is C21H21N3O4S. The summed E-state index contributed by atoms with van der Waals surface area (Å²) in [7, 11) is -2.17. The van der Waals surface area contributed by atoms with Crippen LogP contribution in [0.2, 0.25) is 0 Å². The molecule has 8 heteroatoms. The van der Waals surface area contributed by atoms with E-state index in [1.807, 2.05) is 6.07 Å². The second-order valence-corrected chi connectivity index (χ2v) is 8.54. The molecule has 7 nitrogen and oxygen atoms in total. The van der Waals surface area contributed by atoms with E-state index in [1.54, 1.807) is 54.9 Å². The van der Waals surface area contributed by atoms with E-state index >= 15 is 0 Å². The lowest BCUT2D eigenvalue weighted by Crippen LogP contribution is -2.36. The summed E-state index contributed by atoms with van der Waals surface area (Å²) in [5, 5.41) is 0. The number of rotatable bonds is 5. The molecule has 0 bridgehead atoms. The van der Waals surface area contributed by atoms with E-state index in [-0.39, 0.29) is 15.8 Å². The maximum atomic E-state index is 13.3. The van der Waals surface area contributed by atoms with E-state index in [2.05, 4.69) is 14.9 Å². The van der Waals surface area contributed by atoms with Crippen LogP contribution in [0.25, 0.3) is 11.1 Å². The third kappa shape index (κ3) is 4.08. The minimum atomic E-state index is -3.67. The van der Waals surface area contributed by atoms with Gasteiger partial charge in [0, 0.05) is 36.7 Å². The molecule has 0 atom stereocenters. The number of morpholine rings is 1. The normalized spacial score (nSPS) is 14.6. The molecule has 0 saturated carbocycles. The quantitative estimate of drug-likeness (QED) is 0.638. The van der Waals surface area contributed by atoms with Crippen molar-refractivity contribution in [1.29, 1.82) is 0 Å². The molecule has 0 radical (unpaired) electrons. The molecule has 4 rings (SSSR count). The first-order valence-electron chi connectivity index (χ1n) is 9.22. The molecule has 1 aromatic heterocycles. The topological polar surface area (TPSA) is 81.6 Å². The van der Waals surface area contributed by atoms with Crippen molar-refractivity contribution in [2.75, 3.05) is 38.3 Å². The first kappa shape index (κ1) is 19.4. The Hall–Kier alpha value is -2.97. The zero-order chi connectivity index (χ0) is 20.3. The predicted molar refractivity (Wildman–Crippen MR) is 109 cm³/mol. The van der Waals surface area contributed by atoms with Gasteiger partial charge in [0.05, 0.1) is 30.1 Å². The minimum Gasteiger partial charge on any atom is -0.467 e. The van der Waals surface area contributed by atoms with Gasteiger partial charge in [0.15, 0.2) is 0 Å². The fraction of sp³-hybridized carbons (Fsp3) is 0.238. The van der Waals surface area contributed by atoms with Gasteiger partial charge in [-0.25, -0.2) is 18.4 Å². The van der Waals surface area contributed by atoms with Crippen molar-refractivity contribution in [3.8, 4) is 17.1 Å². The molecule has 0 spiro atoms. The van der Waals surface area contributed by atoms with Crippen LogP contribution >= 0.6 is 0 Å². The molecule has 0 aliphatic carbocycles. The molecule has 150 valence electrons. The van der Waals surface area contributed by atoms with E-state index in [0.29, 0.717) is 31.9 Å². The molecule has 1 fully saturated rings. The van der Waals surface area contributed by atoms with Crippen LogP contribution in [0.4, 0.5) is 5.69 Å². The lowest BCUT2D eigenvalue weighted by molar-refractivity contribution is 0.122. The highest BCUT2D eigenvalue weighted by Gasteiger charge is 2.21. The number of hydrogen-bond acceptors (Lipinski definition) is 7. The van der Waals surface area contributed by atoms with Gasteiger partial charge >= 0.3 is 6.01 Å². The highest BCUT2D eigenvalue weighted by molar-refractivity contribution is 7.91. The molecular weight excluding hydrogens is 390 g/mol. The Balaban J connectivity index is 1.83. The Labute approximate surface area is 169 Å². The van der Waals surface area contributed by atoms with Gasteiger partial charge in [-0.3, -0.25) is 0 Å². The molecule has 0 N–H and O–H groups in total. The molecule has 29 heavy (non-hydrogen) atoms. The average molecular weight is 411 g/mol. The molecule has 3 aromatic rings. The van der Waals surface area contributed by atoms with Crippen LogP contribution in [0.3, 0.4) is 0 Å². The third-order valence-corrected chi connectivity index (χ3v) is 6.52. The second kappa shape index (κ2) is 8.18. The SMILES string of the molecule is COc1ncc(-c2cc(N3CCOCC3)cc(S(=O)(=O)c3ccccc3)c2)cn1. The van der Waals surface area contributed by atoms with Crippen LogP contribution < -0.4 is 9.64 Å². The zero-order valence-corrected chi connectivity index (χ0v) is 16.8. The Morgan fingerprint density at radius 1 is 0.931 bits per heavy atom. The number of ether oxygens (including phenoxy) is 2. The molecule has 0 unspecified atom stereocenters. The standard InChI is InChI=1S/C21H21N3O4S/c1-27-21-22-14-17(15-23-21)16-11-18(24-7-9-28-10-8-24)13-20(12-16)29(25,26)19-5-3-2-4-6-19/h2-6,11-15H,7-10H2,1H3. The summed E-state index contributed by atoms with van der Waals surface area (Å²) in [4.78, 5) is 10.9. The van der Waals surface area contributed by atoms with E-state index < -0.39 is 9.84 Å². The average Bonchev–Trinajstić information content (AvgIpc) is 2.80. The smallest absolute Gasteiger partial charge is 0.316 e. The fourth-order valence-corrected chi connectivity index (χ4v) is 4.56. The summed E-state index contributed by atoms with van der Waals surface area (Å²) in [5.41, 5.74) is 2.27. The van der Waals surface area contributed by atoms with Gasteiger partial charge in [0.1, 0.15) is 0 Å². The van der Waals surface area contributed by atoms with E-state index in [4.69, 9.17) is 9.47 Å². The van der Waals surface area contributed by atoms with Crippen molar-refractivity contribution in [3.63, 3.8) is 0 Å². The molecule has 2 heterocycles. The van der Waals surface area contributed by atoms with Gasteiger partial charge < -0.3 is 14.4 Å². The van der Waals surface area contributed by atoms with Gasteiger partial charge in [-0.2, -0.15) is 0 Å². The maximum Gasteiger partial charge on any atom is 0.316 e. The summed E-state index contributed by atoms with van der Waals surface area (Å²) in [6.07, 6.45) is 3.26. The number of nitrogens with zero attached hydrogens (tertiary/aromatic N) is 3. The van der Waals surface area contributed by atoms with Crippen LogP contribution in [-0.2, 0) is 14.6 Å². The van der Waals surface area contributed by atoms with Crippen molar-refractivity contribution in [1.82, 2.24) is 9.97 Å². The first-order chi connectivity index (χ1) is 14.1. The van der Waals surface area contributed by atoms with Crippen LogP contribution in [0, 0.1) is 0 Å². The Morgan fingerprint density at radius 2 is 1.62 bits per heavy atom. The predicted octanol–water partition coefficient (Wildman–Crippen LogP) is 2.82. The monoisotopic (exact) mass is 411 g/mol. The number of hydrogen-bond donors (Lipinski definition) is 0. The Kier molecular flexibility index (Phi) is 5.46. The Bertz CT molecular complexity index is 1080. The van der Waals surface area contributed by atoms with Crippen LogP contribution in [0.1, 0.15) is 0 Å². The highest BCUT2D eigenvalue weighted by Crippen LogP contribution is 2.32. The minimum absolute atomic E-state index is 0.235. The van der Waals surface area contributed by atoms with Gasteiger partial charge in [-0.15, -0.1) is 0 Å². The van der Waals surface area contributed by atoms with Crippen molar-refractivity contribution in [3.05, 3.63) is 60.9 Å². The zero-order valence-electron chi connectivity index (χ0n) is 16.0. The number of aromatic nitrogens is 2. The van der Waals surface area contributed by atoms with E-state index in [1.165, 1.54) is 7.11 Å². The third-order valence-electron chi connectivity index (χ3n) is 4.78. The summed E-state index contributed by atoms with van der Waals surface area (Å²) in [6, 6.07) is 14.0. The maximum absolute atomic E-state index is 13.3. The van der Waals surface area contributed by atoms with Gasteiger partial charge in [0.25, 0.3) is 0 Å². The van der Waals surface area contributed by atoms with Crippen LogP contribution in [-0.4, -0.2) is 51.8 Å². The van der Waals surface area contributed by atoms with Crippen LogP contribution in [0.5, 0.6) is 6.01 Å². The van der Waals surface area contributed by atoms with Crippen LogP contribution in [0.15, 0.2) is 70.7 Å². The highest BCUT2D eigenvalue weighted by atomic mass is 32.2. The van der Waals surface area contributed by atoms with Crippen molar-refractivity contribution >= 4 is 15.5 Å². The van der Waals surface area contributed by atoms with Gasteiger partial charge in [-0.1, -0.05) is 18.2 Å².